The van der Waals surface area contributed by atoms with Crippen LogP contribution in [0.15, 0.2) is 0 Å². The number of carbonyl (C=O) groups is 1. The van der Waals surface area contributed by atoms with Crippen molar-refractivity contribution in [1.29, 1.82) is 0 Å². The fourth-order valence-corrected chi connectivity index (χ4v) is 1.00. The predicted octanol–water partition coefficient (Wildman–Crippen LogP) is 2.33. The van der Waals surface area contributed by atoms with E-state index in [4.69, 9.17) is 0 Å². The molecule has 0 radical (unpaired) electrons. The number of nitrogens with one attached hydrogen (secondary N) is 1. The summed E-state index contributed by atoms with van der Waals surface area (Å²) < 4.78 is 12.3. The van der Waals surface area contributed by atoms with Crippen LogP contribution in [-0.2, 0) is 4.79 Å². The molecule has 2 nitrogen and oxygen atoms in total. The quantitative estimate of drug-likeness (QED) is 0.689. The molecule has 0 aromatic rings. The van der Waals surface area contributed by atoms with Crippen molar-refractivity contribution in [3.8, 4) is 0 Å². The number of ketones is 1. The molecule has 0 aromatic heterocycles. The van der Waals surface area contributed by atoms with E-state index in [0.717, 1.165) is 0 Å². The molecule has 0 aliphatic carbocycles. The average Bonchev–Trinajstić information content (AvgIpc) is 2.59. The van der Waals surface area contributed by atoms with E-state index in [1.165, 1.54) is 6.92 Å². The first kappa shape index (κ1) is 15.1. The zero-order valence-corrected chi connectivity index (χ0v) is 9.36. The summed E-state index contributed by atoms with van der Waals surface area (Å²) in [7, 11) is 0. The lowest BCUT2D eigenvalue weighted by molar-refractivity contribution is -0.118. The third kappa shape index (κ3) is 6.70. The standard InChI is InChI=1S/C6H10FNO.2C2H6/c1-4(9)6-2-5(7)3-8-6;2*1-2/h5-6,8H,2-3H2,1H3;2*1-2H3/t5?,6-;;/m0../s1. The molecular weight excluding hydrogens is 169 g/mol. The van der Waals surface area contributed by atoms with Gasteiger partial charge in [-0.1, -0.05) is 27.7 Å². The lowest BCUT2D eigenvalue weighted by Crippen LogP contribution is -2.28. The summed E-state index contributed by atoms with van der Waals surface area (Å²) in [6.45, 7) is 9.82. The molecule has 0 aromatic carbocycles. The van der Waals surface area contributed by atoms with Gasteiger partial charge in [0.05, 0.1) is 6.04 Å². The van der Waals surface area contributed by atoms with E-state index in [1.807, 2.05) is 27.7 Å². The zero-order chi connectivity index (χ0) is 10.9. The first-order valence-corrected chi connectivity index (χ1v) is 5.08. The number of Topliss-reactive ketones (excluding diaryl/α,β-unsaturated/α-hetero) is 1. The molecule has 2 atom stereocenters. The van der Waals surface area contributed by atoms with Crippen molar-refractivity contribution in [3.63, 3.8) is 0 Å². The van der Waals surface area contributed by atoms with Crippen molar-refractivity contribution in [2.75, 3.05) is 6.54 Å². The maximum atomic E-state index is 12.3. The van der Waals surface area contributed by atoms with E-state index in [-0.39, 0.29) is 11.8 Å². The summed E-state index contributed by atoms with van der Waals surface area (Å²) in [5.74, 6) is 0.0372. The van der Waals surface area contributed by atoms with E-state index >= 15 is 0 Å². The van der Waals surface area contributed by atoms with Gasteiger partial charge in [-0.3, -0.25) is 4.79 Å². The van der Waals surface area contributed by atoms with Crippen LogP contribution in [0.1, 0.15) is 41.0 Å². The molecule has 3 heteroatoms. The Hall–Kier alpha value is -0.440. The van der Waals surface area contributed by atoms with Gasteiger partial charge < -0.3 is 5.32 Å². The highest BCUT2D eigenvalue weighted by atomic mass is 19.1. The summed E-state index contributed by atoms with van der Waals surface area (Å²) >= 11 is 0. The summed E-state index contributed by atoms with van der Waals surface area (Å²) in [5, 5.41) is 2.78. The third-order valence-corrected chi connectivity index (χ3v) is 1.57. The molecule has 13 heavy (non-hydrogen) atoms. The van der Waals surface area contributed by atoms with Crippen LogP contribution in [0.3, 0.4) is 0 Å². The van der Waals surface area contributed by atoms with Gasteiger partial charge in [-0.2, -0.15) is 0 Å². The average molecular weight is 191 g/mol. The monoisotopic (exact) mass is 191 g/mol. The normalized spacial score (nSPS) is 25.1. The Morgan fingerprint density at radius 1 is 1.31 bits per heavy atom. The van der Waals surface area contributed by atoms with Crippen molar-refractivity contribution in [3.05, 3.63) is 0 Å². The van der Waals surface area contributed by atoms with E-state index in [1.54, 1.807) is 0 Å². The van der Waals surface area contributed by atoms with E-state index in [0.29, 0.717) is 13.0 Å². The Kier molecular flexibility index (Phi) is 11.2. The lowest BCUT2D eigenvalue weighted by Gasteiger charge is -2.01. The largest absolute Gasteiger partial charge is 0.304 e. The van der Waals surface area contributed by atoms with Gasteiger partial charge in [0, 0.05) is 13.0 Å². The Balaban J connectivity index is 0. The smallest absolute Gasteiger partial charge is 0.146 e. The second kappa shape index (κ2) is 9.65. The van der Waals surface area contributed by atoms with Crippen LogP contribution in [0, 0.1) is 0 Å². The second-order valence-corrected chi connectivity index (χ2v) is 2.40. The van der Waals surface area contributed by atoms with Gasteiger partial charge in [0.25, 0.3) is 0 Å². The SMILES string of the molecule is CC.CC.CC(=O)[C@@H]1CC(F)CN1. The van der Waals surface area contributed by atoms with Gasteiger partial charge in [0.15, 0.2) is 0 Å². The molecule has 0 bridgehead atoms. The molecule has 0 saturated carbocycles. The van der Waals surface area contributed by atoms with Crippen LogP contribution >= 0.6 is 0 Å². The minimum absolute atomic E-state index is 0.0372. The van der Waals surface area contributed by atoms with Crippen LogP contribution in [0.4, 0.5) is 4.39 Å². The highest BCUT2D eigenvalue weighted by Crippen LogP contribution is 2.09. The van der Waals surface area contributed by atoms with Crippen LogP contribution in [-0.4, -0.2) is 24.5 Å². The number of rotatable bonds is 1. The first-order valence-electron chi connectivity index (χ1n) is 5.08. The molecule has 1 rings (SSSR count). The maximum Gasteiger partial charge on any atom is 0.146 e. The van der Waals surface area contributed by atoms with Gasteiger partial charge in [-0.15, -0.1) is 0 Å². The number of halogens is 1. The van der Waals surface area contributed by atoms with Crippen molar-refractivity contribution >= 4 is 5.78 Å². The number of alkyl halides is 1. The Labute approximate surface area is 80.9 Å². The van der Waals surface area contributed by atoms with E-state index in [2.05, 4.69) is 5.32 Å². The van der Waals surface area contributed by atoms with Crippen molar-refractivity contribution in [2.45, 2.75) is 53.3 Å². The Morgan fingerprint density at radius 3 is 1.92 bits per heavy atom. The highest BCUT2D eigenvalue weighted by Gasteiger charge is 2.26. The lowest BCUT2D eigenvalue weighted by atomic mass is 10.1. The minimum Gasteiger partial charge on any atom is -0.304 e. The summed E-state index contributed by atoms with van der Waals surface area (Å²) in [5.41, 5.74) is 0. The summed E-state index contributed by atoms with van der Waals surface area (Å²) in [4.78, 5) is 10.6. The van der Waals surface area contributed by atoms with Crippen LogP contribution in [0.2, 0.25) is 0 Å². The molecule has 1 unspecified atom stereocenters. The van der Waals surface area contributed by atoms with Gasteiger partial charge >= 0.3 is 0 Å². The van der Waals surface area contributed by atoms with E-state index < -0.39 is 6.17 Å². The maximum absolute atomic E-state index is 12.3. The number of hydrogen-bond acceptors (Lipinski definition) is 2. The van der Waals surface area contributed by atoms with E-state index in [9.17, 15) is 9.18 Å². The Morgan fingerprint density at radius 2 is 1.77 bits per heavy atom. The van der Waals surface area contributed by atoms with Gasteiger partial charge in [0.1, 0.15) is 12.0 Å². The molecule has 1 fully saturated rings. The molecular formula is C10H22FNO. The van der Waals surface area contributed by atoms with Crippen molar-refractivity contribution in [1.82, 2.24) is 5.32 Å². The Bertz CT molecular complexity index is 128. The predicted molar refractivity (Wildman–Crippen MR) is 54.7 cm³/mol. The van der Waals surface area contributed by atoms with Crippen LogP contribution in [0.25, 0.3) is 0 Å². The first-order chi connectivity index (χ1) is 6.20. The van der Waals surface area contributed by atoms with Crippen LogP contribution < -0.4 is 5.32 Å². The molecule has 0 spiro atoms. The molecule has 80 valence electrons. The molecule has 0 amide bonds. The number of hydrogen-bond donors (Lipinski definition) is 1. The van der Waals surface area contributed by atoms with Crippen molar-refractivity contribution in [2.24, 2.45) is 0 Å². The second-order valence-electron chi connectivity index (χ2n) is 2.40. The summed E-state index contributed by atoms with van der Waals surface area (Å²) in [6.07, 6.45) is -0.464. The number of carbonyl (C=O) groups excluding carboxylic acids is 1. The molecule has 1 aliphatic heterocycles. The van der Waals surface area contributed by atoms with Gasteiger partial charge in [0.2, 0.25) is 0 Å². The third-order valence-electron chi connectivity index (χ3n) is 1.57. The van der Waals surface area contributed by atoms with Gasteiger partial charge in [-0.05, 0) is 6.92 Å². The molecule has 1 N–H and O–H groups in total. The molecule has 1 saturated heterocycles. The minimum atomic E-state index is -0.820. The highest BCUT2D eigenvalue weighted by molar-refractivity contribution is 5.81. The summed E-state index contributed by atoms with van der Waals surface area (Å²) in [6, 6.07) is -0.222. The fourth-order valence-electron chi connectivity index (χ4n) is 1.00. The molecule has 1 aliphatic rings. The van der Waals surface area contributed by atoms with Crippen LogP contribution in [0.5, 0.6) is 0 Å². The molecule has 1 heterocycles. The fraction of sp³-hybridized carbons (Fsp3) is 0.900. The zero-order valence-electron chi connectivity index (χ0n) is 9.36. The van der Waals surface area contributed by atoms with Gasteiger partial charge in [-0.25, -0.2) is 4.39 Å². The van der Waals surface area contributed by atoms with Crippen molar-refractivity contribution < 1.29 is 9.18 Å². The topological polar surface area (TPSA) is 29.1 Å².